The van der Waals surface area contributed by atoms with Crippen LogP contribution in [0.3, 0.4) is 0 Å². The van der Waals surface area contributed by atoms with Gasteiger partial charge in [-0.05, 0) is 37.3 Å². The predicted molar refractivity (Wildman–Crippen MR) is 98.9 cm³/mol. The van der Waals surface area contributed by atoms with Crippen LogP contribution in [0.15, 0.2) is 59.5 Å². The van der Waals surface area contributed by atoms with Crippen LogP contribution < -0.4 is 5.56 Å². The quantitative estimate of drug-likeness (QED) is 0.619. The maximum Gasteiger partial charge on any atom is 0.259 e. The van der Waals surface area contributed by atoms with E-state index in [1.807, 2.05) is 42.5 Å². The summed E-state index contributed by atoms with van der Waals surface area (Å²) in [5.41, 5.74) is 2.91. The van der Waals surface area contributed by atoms with Crippen molar-refractivity contribution in [2.45, 2.75) is 13.5 Å². The molecule has 0 fully saturated rings. The smallest absolute Gasteiger partial charge is 0.259 e. The summed E-state index contributed by atoms with van der Waals surface area (Å²) in [4.78, 5) is 19.5. The van der Waals surface area contributed by atoms with Gasteiger partial charge >= 0.3 is 0 Å². The summed E-state index contributed by atoms with van der Waals surface area (Å²) in [6.07, 6.45) is 5.98. The fourth-order valence-corrected chi connectivity index (χ4v) is 3.02. The van der Waals surface area contributed by atoms with Gasteiger partial charge in [0.25, 0.3) is 5.56 Å². The first kappa shape index (κ1) is 14.5. The fourth-order valence-electron chi connectivity index (χ4n) is 3.02. The number of nitrogens with one attached hydrogen (secondary N) is 1. The van der Waals surface area contributed by atoms with Crippen molar-refractivity contribution in [3.8, 4) is 0 Å². The Kier molecular flexibility index (Phi) is 3.50. The minimum absolute atomic E-state index is 0.115. The van der Waals surface area contributed by atoms with E-state index in [9.17, 15) is 4.79 Å². The summed E-state index contributed by atoms with van der Waals surface area (Å²) in [6, 6.07) is 15.7. The Hall–Kier alpha value is -3.14. The molecular formula is C20H17N3O. The molecule has 0 amide bonds. The van der Waals surface area contributed by atoms with Crippen LogP contribution in [0.1, 0.15) is 18.3 Å². The maximum absolute atomic E-state index is 12.1. The molecule has 0 aliphatic carbocycles. The van der Waals surface area contributed by atoms with Gasteiger partial charge in [-0.1, -0.05) is 30.3 Å². The van der Waals surface area contributed by atoms with Crippen molar-refractivity contribution in [1.29, 1.82) is 0 Å². The third kappa shape index (κ3) is 2.42. The standard InChI is InChI=1S/C20H17N3O/c1-2-23-13-14(15-7-4-6-10-18(15)23)11-12-19-21-17-9-5-3-8-16(17)20(24)22-19/h3-13H,2H2,1H3,(H,21,22,24)/b12-11+. The lowest BCUT2D eigenvalue weighted by molar-refractivity contribution is 0.797. The molecule has 0 spiro atoms. The molecule has 0 saturated heterocycles. The van der Waals surface area contributed by atoms with E-state index in [4.69, 9.17) is 0 Å². The SMILES string of the molecule is CCn1cc(/C=C/c2nc3ccccc3c(=O)[nH]2)c2ccccc21. The second-order valence-electron chi connectivity index (χ2n) is 5.69. The Morgan fingerprint density at radius 1 is 1.04 bits per heavy atom. The average Bonchev–Trinajstić information content (AvgIpc) is 2.98. The lowest BCUT2D eigenvalue weighted by Crippen LogP contribution is -2.09. The largest absolute Gasteiger partial charge is 0.347 e. The van der Waals surface area contributed by atoms with Crippen LogP contribution >= 0.6 is 0 Å². The third-order valence-electron chi connectivity index (χ3n) is 4.21. The Morgan fingerprint density at radius 3 is 2.62 bits per heavy atom. The van der Waals surface area contributed by atoms with Crippen LogP contribution in [-0.2, 0) is 6.54 Å². The molecule has 0 aliphatic rings. The Labute approximate surface area is 139 Å². The number of nitrogens with zero attached hydrogens (tertiary/aromatic N) is 2. The van der Waals surface area contributed by atoms with E-state index in [1.165, 1.54) is 10.9 Å². The molecule has 4 rings (SSSR count). The zero-order valence-corrected chi connectivity index (χ0v) is 13.4. The van der Waals surface area contributed by atoms with Crippen LogP contribution in [0.5, 0.6) is 0 Å². The predicted octanol–water partition coefficient (Wildman–Crippen LogP) is 4.07. The monoisotopic (exact) mass is 315 g/mol. The van der Waals surface area contributed by atoms with E-state index in [2.05, 4.69) is 39.8 Å². The van der Waals surface area contributed by atoms with Crippen LogP contribution in [0.4, 0.5) is 0 Å². The first-order chi connectivity index (χ1) is 11.8. The number of hydrogen-bond donors (Lipinski definition) is 1. The number of para-hydroxylation sites is 2. The van der Waals surface area contributed by atoms with E-state index < -0.39 is 0 Å². The Balaban J connectivity index is 1.80. The van der Waals surface area contributed by atoms with E-state index in [0.29, 0.717) is 16.7 Å². The highest BCUT2D eigenvalue weighted by Crippen LogP contribution is 2.23. The molecule has 0 saturated carbocycles. The number of H-pyrrole nitrogens is 1. The molecule has 0 radical (unpaired) electrons. The van der Waals surface area contributed by atoms with Gasteiger partial charge in [-0.2, -0.15) is 0 Å². The minimum atomic E-state index is -0.115. The second-order valence-corrected chi connectivity index (χ2v) is 5.69. The van der Waals surface area contributed by atoms with Gasteiger partial charge in [0.1, 0.15) is 5.82 Å². The molecule has 4 nitrogen and oxygen atoms in total. The molecule has 0 atom stereocenters. The maximum atomic E-state index is 12.1. The van der Waals surface area contributed by atoms with E-state index in [1.54, 1.807) is 6.07 Å². The average molecular weight is 315 g/mol. The zero-order chi connectivity index (χ0) is 16.5. The number of fused-ring (bicyclic) bond motifs is 2. The van der Waals surface area contributed by atoms with Gasteiger partial charge in [-0.15, -0.1) is 0 Å². The van der Waals surface area contributed by atoms with Gasteiger partial charge in [-0.3, -0.25) is 4.79 Å². The lowest BCUT2D eigenvalue weighted by Gasteiger charge is -1.98. The fraction of sp³-hybridized carbons (Fsp3) is 0.100. The summed E-state index contributed by atoms with van der Waals surface area (Å²) < 4.78 is 2.21. The first-order valence-electron chi connectivity index (χ1n) is 8.01. The number of aryl methyl sites for hydroxylation is 1. The van der Waals surface area contributed by atoms with Crippen LogP contribution in [0.25, 0.3) is 34.0 Å². The molecular weight excluding hydrogens is 298 g/mol. The van der Waals surface area contributed by atoms with Crippen LogP contribution in [-0.4, -0.2) is 14.5 Å². The molecule has 2 aromatic carbocycles. The van der Waals surface area contributed by atoms with Crippen molar-refractivity contribution < 1.29 is 0 Å². The van der Waals surface area contributed by atoms with Crippen molar-refractivity contribution in [2.75, 3.05) is 0 Å². The number of hydrogen-bond acceptors (Lipinski definition) is 2. The molecule has 1 N–H and O–H groups in total. The number of rotatable bonds is 3. The van der Waals surface area contributed by atoms with Crippen molar-refractivity contribution >= 4 is 34.0 Å². The van der Waals surface area contributed by atoms with Crippen molar-refractivity contribution in [2.24, 2.45) is 0 Å². The highest BCUT2D eigenvalue weighted by atomic mass is 16.1. The lowest BCUT2D eigenvalue weighted by atomic mass is 10.1. The number of aromatic nitrogens is 3. The molecule has 0 bridgehead atoms. The van der Waals surface area contributed by atoms with Crippen molar-refractivity contribution in [3.05, 3.63) is 76.5 Å². The van der Waals surface area contributed by atoms with E-state index in [0.717, 1.165) is 12.1 Å². The van der Waals surface area contributed by atoms with Gasteiger partial charge in [0, 0.05) is 29.2 Å². The highest BCUT2D eigenvalue weighted by Gasteiger charge is 2.05. The van der Waals surface area contributed by atoms with Crippen LogP contribution in [0.2, 0.25) is 0 Å². The summed E-state index contributed by atoms with van der Waals surface area (Å²) in [5, 5.41) is 1.80. The summed E-state index contributed by atoms with van der Waals surface area (Å²) in [6.45, 7) is 3.04. The molecule has 0 aliphatic heterocycles. The zero-order valence-electron chi connectivity index (χ0n) is 13.4. The van der Waals surface area contributed by atoms with Gasteiger partial charge in [0.2, 0.25) is 0 Å². The van der Waals surface area contributed by atoms with Crippen LogP contribution in [0, 0.1) is 0 Å². The molecule has 4 aromatic rings. The third-order valence-corrected chi connectivity index (χ3v) is 4.21. The highest BCUT2D eigenvalue weighted by molar-refractivity contribution is 5.92. The molecule has 118 valence electrons. The van der Waals surface area contributed by atoms with Crippen molar-refractivity contribution in [3.63, 3.8) is 0 Å². The molecule has 0 unspecified atom stereocenters. The normalized spacial score (nSPS) is 11.7. The number of benzene rings is 2. The van der Waals surface area contributed by atoms with Gasteiger partial charge in [0.15, 0.2) is 0 Å². The summed E-state index contributed by atoms with van der Waals surface area (Å²) >= 11 is 0. The summed E-state index contributed by atoms with van der Waals surface area (Å²) in [7, 11) is 0. The van der Waals surface area contributed by atoms with E-state index in [-0.39, 0.29) is 5.56 Å². The minimum Gasteiger partial charge on any atom is -0.347 e. The summed E-state index contributed by atoms with van der Waals surface area (Å²) in [5.74, 6) is 0.562. The molecule has 2 aromatic heterocycles. The topological polar surface area (TPSA) is 50.7 Å². The molecule has 4 heteroatoms. The van der Waals surface area contributed by atoms with Crippen molar-refractivity contribution in [1.82, 2.24) is 14.5 Å². The van der Waals surface area contributed by atoms with Gasteiger partial charge in [0.05, 0.1) is 10.9 Å². The van der Waals surface area contributed by atoms with Gasteiger partial charge in [-0.25, -0.2) is 4.98 Å². The molecule has 24 heavy (non-hydrogen) atoms. The number of aromatic amines is 1. The molecule has 2 heterocycles. The second kappa shape index (κ2) is 5.81. The van der Waals surface area contributed by atoms with Gasteiger partial charge < -0.3 is 9.55 Å². The Bertz CT molecular complexity index is 1120. The Morgan fingerprint density at radius 2 is 1.79 bits per heavy atom. The van der Waals surface area contributed by atoms with E-state index >= 15 is 0 Å². The first-order valence-corrected chi connectivity index (χ1v) is 8.01.